The molecule has 1 aromatic carbocycles. The molecule has 1 aromatic heterocycles. The molecule has 0 atom stereocenters. The van der Waals surface area contributed by atoms with E-state index in [1.54, 1.807) is 0 Å². The van der Waals surface area contributed by atoms with E-state index >= 15 is 0 Å². The van der Waals surface area contributed by atoms with Crippen LogP contribution in [0.25, 0.3) is 0 Å². The predicted molar refractivity (Wildman–Crippen MR) is 84.0 cm³/mol. The van der Waals surface area contributed by atoms with E-state index < -0.39 is 0 Å². The van der Waals surface area contributed by atoms with Crippen molar-refractivity contribution in [2.45, 2.75) is 47.2 Å². The third-order valence-corrected chi connectivity index (χ3v) is 3.56. The number of rotatable bonds is 6. The molecule has 3 heteroatoms. The van der Waals surface area contributed by atoms with Crippen LogP contribution in [0.5, 0.6) is 0 Å². The van der Waals surface area contributed by atoms with Gasteiger partial charge in [-0.2, -0.15) is 5.10 Å². The summed E-state index contributed by atoms with van der Waals surface area (Å²) in [4.78, 5) is 0. The first-order valence-corrected chi connectivity index (χ1v) is 7.39. The first-order chi connectivity index (χ1) is 9.60. The second kappa shape index (κ2) is 6.71. The molecule has 0 bridgehead atoms. The molecule has 0 amide bonds. The van der Waals surface area contributed by atoms with Crippen molar-refractivity contribution >= 4 is 0 Å². The van der Waals surface area contributed by atoms with Crippen molar-refractivity contribution in [3.63, 3.8) is 0 Å². The smallest absolute Gasteiger partial charge is 0.0662 e. The van der Waals surface area contributed by atoms with Crippen molar-refractivity contribution in [1.82, 2.24) is 15.1 Å². The van der Waals surface area contributed by atoms with Gasteiger partial charge in [0.15, 0.2) is 0 Å². The highest BCUT2D eigenvalue weighted by Gasteiger charge is 2.07. The molecule has 0 fully saturated rings. The molecule has 0 spiro atoms. The Bertz CT molecular complexity index is 549. The van der Waals surface area contributed by atoms with Gasteiger partial charge < -0.3 is 5.32 Å². The van der Waals surface area contributed by atoms with E-state index in [4.69, 9.17) is 0 Å². The number of aryl methyl sites for hydroxylation is 2. The minimum atomic E-state index is 0.849. The summed E-state index contributed by atoms with van der Waals surface area (Å²) in [5.41, 5.74) is 6.50. The summed E-state index contributed by atoms with van der Waals surface area (Å²) in [5.74, 6) is 0. The largest absolute Gasteiger partial charge is 0.313 e. The molecule has 2 aromatic rings. The molecular weight excluding hydrogens is 246 g/mol. The molecule has 3 nitrogen and oxygen atoms in total. The van der Waals surface area contributed by atoms with Crippen LogP contribution in [0.3, 0.4) is 0 Å². The van der Waals surface area contributed by atoms with Crippen molar-refractivity contribution in [2.24, 2.45) is 0 Å². The van der Waals surface area contributed by atoms with Crippen LogP contribution in [0.2, 0.25) is 0 Å². The lowest BCUT2D eigenvalue weighted by Crippen LogP contribution is -2.14. The Labute approximate surface area is 122 Å². The van der Waals surface area contributed by atoms with Gasteiger partial charge in [0.1, 0.15) is 0 Å². The van der Waals surface area contributed by atoms with Gasteiger partial charge in [-0.1, -0.05) is 36.2 Å². The van der Waals surface area contributed by atoms with Crippen LogP contribution < -0.4 is 5.32 Å². The summed E-state index contributed by atoms with van der Waals surface area (Å²) >= 11 is 0. The fourth-order valence-electron chi connectivity index (χ4n) is 2.55. The summed E-state index contributed by atoms with van der Waals surface area (Å²) in [6.45, 7) is 11.4. The standard InChI is InChI=1S/C17H25N3/c1-5-6-18-10-17-11-19-20(15(17)4)12-16-8-13(2)7-14(3)9-16/h7-9,11,18H,5-6,10,12H2,1-4H3. The van der Waals surface area contributed by atoms with Crippen LogP contribution in [-0.2, 0) is 13.1 Å². The summed E-state index contributed by atoms with van der Waals surface area (Å²) in [6.07, 6.45) is 3.15. The zero-order valence-corrected chi connectivity index (χ0v) is 13.0. The number of nitrogens with one attached hydrogen (secondary N) is 1. The Kier molecular flexibility index (Phi) is 4.96. The highest BCUT2D eigenvalue weighted by molar-refractivity contribution is 5.29. The number of hydrogen-bond donors (Lipinski definition) is 1. The van der Waals surface area contributed by atoms with Crippen LogP contribution in [0.1, 0.15) is 41.3 Å². The maximum atomic E-state index is 4.53. The van der Waals surface area contributed by atoms with E-state index in [1.807, 2.05) is 6.20 Å². The maximum Gasteiger partial charge on any atom is 0.0662 e. The number of nitrogens with zero attached hydrogens (tertiary/aromatic N) is 2. The summed E-state index contributed by atoms with van der Waals surface area (Å²) in [6, 6.07) is 6.69. The molecule has 0 saturated heterocycles. The predicted octanol–water partition coefficient (Wildman–Crippen LogP) is 3.36. The van der Waals surface area contributed by atoms with Crippen LogP contribution >= 0.6 is 0 Å². The fraction of sp³-hybridized carbons (Fsp3) is 0.471. The van der Waals surface area contributed by atoms with E-state index in [-0.39, 0.29) is 0 Å². The Morgan fingerprint density at radius 3 is 2.45 bits per heavy atom. The molecular formula is C17H25N3. The van der Waals surface area contributed by atoms with E-state index in [0.717, 1.165) is 26.1 Å². The van der Waals surface area contributed by atoms with Crippen molar-refractivity contribution in [3.8, 4) is 0 Å². The van der Waals surface area contributed by atoms with Gasteiger partial charge in [0.05, 0.1) is 12.7 Å². The Hall–Kier alpha value is -1.61. The maximum absolute atomic E-state index is 4.53. The van der Waals surface area contributed by atoms with E-state index in [0.29, 0.717) is 0 Å². The van der Waals surface area contributed by atoms with Gasteiger partial charge in [-0.15, -0.1) is 0 Å². The lowest BCUT2D eigenvalue weighted by atomic mass is 10.1. The Balaban J connectivity index is 2.09. The normalized spacial score (nSPS) is 11.0. The van der Waals surface area contributed by atoms with Crippen LogP contribution in [0.4, 0.5) is 0 Å². The van der Waals surface area contributed by atoms with Gasteiger partial charge in [-0.3, -0.25) is 4.68 Å². The van der Waals surface area contributed by atoms with E-state index in [9.17, 15) is 0 Å². The van der Waals surface area contributed by atoms with Crippen molar-refractivity contribution in [3.05, 3.63) is 52.3 Å². The van der Waals surface area contributed by atoms with Gasteiger partial charge in [0.25, 0.3) is 0 Å². The quantitative estimate of drug-likeness (QED) is 0.817. The molecule has 2 rings (SSSR count). The summed E-state index contributed by atoms with van der Waals surface area (Å²) in [5, 5.41) is 7.96. The molecule has 1 heterocycles. The topological polar surface area (TPSA) is 29.9 Å². The van der Waals surface area contributed by atoms with Crippen LogP contribution in [0, 0.1) is 20.8 Å². The Morgan fingerprint density at radius 2 is 1.80 bits per heavy atom. The van der Waals surface area contributed by atoms with E-state index in [2.05, 4.69) is 61.0 Å². The second-order valence-corrected chi connectivity index (χ2v) is 5.59. The molecule has 0 radical (unpaired) electrons. The molecule has 0 aliphatic rings. The molecule has 1 N–H and O–H groups in total. The summed E-state index contributed by atoms with van der Waals surface area (Å²) < 4.78 is 2.09. The molecule has 0 aliphatic heterocycles. The fourth-order valence-corrected chi connectivity index (χ4v) is 2.55. The summed E-state index contributed by atoms with van der Waals surface area (Å²) in [7, 11) is 0. The van der Waals surface area contributed by atoms with Crippen molar-refractivity contribution in [1.29, 1.82) is 0 Å². The molecule has 0 unspecified atom stereocenters. The zero-order valence-electron chi connectivity index (χ0n) is 13.0. The Morgan fingerprint density at radius 1 is 1.10 bits per heavy atom. The highest BCUT2D eigenvalue weighted by atomic mass is 15.3. The van der Waals surface area contributed by atoms with E-state index in [1.165, 1.54) is 27.9 Å². The van der Waals surface area contributed by atoms with Crippen molar-refractivity contribution < 1.29 is 0 Å². The van der Waals surface area contributed by atoms with Gasteiger partial charge in [0.2, 0.25) is 0 Å². The van der Waals surface area contributed by atoms with Crippen molar-refractivity contribution in [2.75, 3.05) is 6.54 Å². The highest BCUT2D eigenvalue weighted by Crippen LogP contribution is 2.13. The number of hydrogen-bond acceptors (Lipinski definition) is 2. The third kappa shape index (κ3) is 3.70. The van der Waals surface area contributed by atoms with Gasteiger partial charge in [-0.25, -0.2) is 0 Å². The average molecular weight is 271 g/mol. The van der Waals surface area contributed by atoms with Crippen LogP contribution in [-0.4, -0.2) is 16.3 Å². The molecule has 108 valence electrons. The average Bonchev–Trinajstić information content (AvgIpc) is 2.71. The zero-order chi connectivity index (χ0) is 14.5. The first-order valence-electron chi connectivity index (χ1n) is 7.39. The third-order valence-electron chi connectivity index (χ3n) is 3.56. The lowest BCUT2D eigenvalue weighted by molar-refractivity contribution is 0.651. The molecule has 0 aliphatic carbocycles. The minimum absolute atomic E-state index is 0.849. The molecule has 0 saturated carbocycles. The number of benzene rings is 1. The van der Waals surface area contributed by atoms with Gasteiger partial charge in [-0.05, 0) is 39.3 Å². The number of aromatic nitrogens is 2. The van der Waals surface area contributed by atoms with Crippen LogP contribution in [0.15, 0.2) is 24.4 Å². The minimum Gasteiger partial charge on any atom is -0.313 e. The second-order valence-electron chi connectivity index (χ2n) is 5.59. The van der Waals surface area contributed by atoms with Gasteiger partial charge in [0, 0.05) is 17.8 Å². The van der Waals surface area contributed by atoms with Gasteiger partial charge >= 0.3 is 0 Å². The lowest BCUT2D eigenvalue weighted by Gasteiger charge is -2.08. The SMILES string of the molecule is CCCNCc1cnn(Cc2cc(C)cc(C)c2)c1C. The molecule has 20 heavy (non-hydrogen) atoms. The monoisotopic (exact) mass is 271 g/mol. The first kappa shape index (κ1) is 14.8.